The largest absolute Gasteiger partial charge is 0.319 e. The zero-order chi connectivity index (χ0) is 25.0. The van der Waals surface area contributed by atoms with Gasteiger partial charge in [0.05, 0.1) is 16.1 Å². The lowest BCUT2D eigenvalue weighted by molar-refractivity contribution is 0.581. The van der Waals surface area contributed by atoms with Crippen molar-refractivity contribution in [3.05, 3.63) is 96.1 Å². The third-order valence-electron chi connectivity index (χ3n) is 5.81. The van der Waals surface area contributed by atoms with Crippen molar-refractivity contribution >= 4 is 41.0 Å². The minimum Gasteiger partial charge on any atom is -0.319 e. The van der Waals surface area contributed by atoms with Crippen molar-refractivity contribution in [2.75, 3.05) is 11.6 Å². The van der Waals surface area contributed by atoms with Gasteiger partial charge >= 0.3 is 0 Å². The highest BCUT2D eigenvalue weighted by Gasteiger charge is 2.33. The normalized spacial score (nSPS) is 15.9. The van der Waals surface area contributed by atoms with Crippen LogP contribution in [0.2, 0.25) is 39.3 Å². The second-order valence-electron chi connectivity index (χ2n) is 12.0. The van der Waals surface area contributed by atoms with E-state index in [9.17, 15) is 9.13 Å². The van der Waals surface area contributed by atoms with Gasteiger partial charge in [0.2, 0.25) is 0 Å². The van der Waals surface area contributed by atoms with Crippen LogP contribution in [0.5, 0.6) is 0 Å². The van der Waals surface area contributed by atoms with Gasteiger partial charge in [-0.05, 0) is 22.7 Å². The maximum absolute atomic E-state index is 14.3. The van der Waals surface area contributed by atoms with Crippen molar-refractivity contribution in [3.63, 3.8) is 0 Å². The zero-order valence-corrected chi connectivity index (χ0v) is 25.4. The van der Waals surface area contributed by atoms with Crippen LogP contribution in [0.15, 0.2) is 84.9 Å². The second kappa shape index (κ2) is 10.7. The van der Waals surface area contributed by atoms with Crippen LogP contribution in [0.3, 0.4) is 0 Å². The van der Waals surface area contributed by atoms with Crippen molar-refractivity contribution in [1.82, 2.24) is 0 Å². The standard InChI is InChI=1S/C28H40O2P2Si2/c1-33(2,3)23-31(29,27-13-9-7-10-14-27)21-25-17-19-26(20-18-25)22-32(30,24-34(4,5)6)28-15-11-8-12-16-28/h7-20H,21-24H2,1-6H3. The molecule has 0 aliphatic heterocycles. The Bertz CT molecular complexity index is 1070. The third-order valence-corrected chi connectivity index (χ3v) is 21.7. The Labute approximate surface area is 209 Å². The first-order chi connectivity index (χ1) is 15.8. The topological polar surface area (TPSA) is 34.1 Å². The Balaban J connectivity index is 1.87. The minimum absolute atomic E-state index is 0.590. The molecule has 0 heterocycles. The molecule has 0 aliphatic rings. The lowest BCUT2D eigenvalue weighted by Crippen LogP contribution is -2.29. The molecular formula is C28H40O2P2Si2. The monoisotopic (exact) mass is 526 g/mol. The lowest BCUT2D eigenvalue weighted by Gasteiger charge is -2.27. The Kier molecular flexibility index (Phi) is 8.52. The number of benzene rings is 3. The highest BCUT2D eigenvalue weighted by Crippen LogP contribution is 2.51. The fraction of sp³-hybridized carbons (Fsp3) is 0.357. The number of rotatable bonds is 10. The Hall–Kier alpha value is -1.45. The molecule has 0 saturated carbocycles. The summed E-state index contributed by atoms with van der Waals surface area (Å²) in [7, 11) is -8.13. The first kappa shape index (κ1) is 27.1. The fourth-order valence-electron chi connectivity index (χ4n) is 4.75. The predicted octanol–water partition coefficient (Wildman–Crippen LogP) is 7.82. The molecule has 0 bridgehead atoms. The third kappa shape index (κ3) is 7.78. The van der Waals surface area contributed by atoms with E-state index in [1.165, 1.54) is 0 Å². The van der Waals surface area contributed by atoms with E-state index < -0.39 is 30.4 Å². The van der Waals surface area contributed by atoms with E-state index in [1.54, 1.807) is 0 Å². The van der Waals surface area contributed by atoms with Crippen molar-refractivity contribution < 1.29 is 9.13 Å². The maximum Gasteiger partial charge on any atom is 0.117 e. The highest BCUT2D eigenvalue weighted by atomic mass is 31.2. The van der Waals surface area contributed by atoms with Gasteiger partial charge in [-0.2, -0.15) is 0 Å². The molecule has 3 aromatic carbocycles. The smallest absolute Gasteiger partial charge is 0.117 e. The van der Waals surface area contributed by atoms with E-state index in [4.69, 9.17) is 0 Å². The van der Waals surface area contributed by atoms with Crippen LogP contribution < -0.4 is 10.6 Å². The number of hydrogen-bond acceptors (Lipinski definition) is 2. The van der Waals surface area contributed by atoms with Crippen LogP contribution in [0.25, 0.3) is 0 Å². The van der Waals surface area contributed by atoms with Gasteiger partial charge in [-0.15, -0.1) is 0 Å². The summed E-state index contributed by atoms with van der Waals surface area (Å²) in [5.74, 6) is 1.62. The molecular weight excluding hydrogens is 486 g/mol. The van der Waals surface area contributed by atoms with E-state index in [1.807, 2.05) is 60.7 Å². The Morgan fingerprint density at radius 2 is 0.794 bits per heavy atom. The van der Waals surface area contributed by atoms with Crippen molar-refractivity contribution in [3.8, 4) is 0 Å². The van der Waals surface area contributed by atoms with Crippen LogP contribution in [0.4, 0.5) is 0 Å². The molecule has 2 unspecified atom stereocenters. The molecule has 0 spiro atoms. The van der Waals surface area contributed by atoms with Gasteiger partial charge in [-0.25, -0.2) is 0 Å². The Morgan fingerprint density at radius 3 is 1.06 bits per heavy atom. The molecule has 2 atom stereocenters. The molecule has 3 rings (SSSR count). The molecule has 34 heavy (non-hydrogen) atoms. The summed E-state index contributed by atoms with van der Waals surface area (Å²) in [5, 5.41) is 1.98. The van der Waals surface area contributed by atoms with Gasteiger partial charge < -0.3 is 9.13 Å². The van der Waals surface area contributed by atoms with Crippen LogP contribution in [-0.2, 0) is 21.5 Å². The second-order valence-corrected chi connectivity index (χ2v) is 30.0. The van der Waals surface area contributed by atoms with Gasteiger partial charge in [0.1, 0.15) is 14.3 Å². The van der Waals surface area contributed by atoms with Crippen LogP contribution in [-0.4, -0.2) is 27.7 Å². The summed E-state index contributed by atoms with van der Waals surface area (Å²) in [6.07, 6.45) is 1.18. The van der Waals surface area contributed by atoms with Gasteiger partial charge in [-0.3, -0.25) is 0 Å². The maximum atomic E-state index is 14.3. The van der Waals surface area contributed by atoms with Gasteiger partial charge in [0.15, 0.2) is 0 Å². The highest BCUT2D eigenvalue weighted by molar-refractivity contribution is 7.73. The van der Waals surface area contributed by atoms with Gasteiger partial charge in [-0.1, -0.05) is 124 Å². The molecule has 0 fully saturated rings. The van der Waals surface area contributed by atoms with Crippen LogP contribution >= 0.6 is 14.3 Å². The van der Waals surface area contributed by atoms with Gasteiger partial charge in [0, 0.05) is 22.9 Å². The predicted molar refractivity (Wildman–Crippen MR) is 158 cm³/mol. The van der Waals surface area contributed by atoms with E-state index in [0.717, 1.165) is 33.3 Å². The molecule has 2 nitrogen and oxygen atoms in total. The van der Waals surface area contributed by atoms with Crippen molar-refractivity contribution in [2.24, 2.45) is 0 Å². The molecule has 0 N–H and O–H groups in total. The summed E-state index contributed by atoms with van der Waals surface area (Å²) in [6, 6.07) is 28.5. The summed E-state index contributed by atoms with van der Waals surface area (Å²) < 4.78 is 28.5. The average molecular weight is 527 g/mol. The van der Waals surface area contributed by atoms with E-state index in [2.05, 4.69) is 63.5 Å². The van der Waals surface area contributed by atoms with E-state index in [-0.39, 0.29) is 0 Å². The SMILES string of the molecule is C[Si](C)(C)CP(=O)(Cc1ccc(CP(=O)(C[Si](C)(C)C)c2ccccc2)cc1)c1ccccc1. The summed E-state index contributed by atoms with van der Waals surface area (Å²) in [4.78, 5) is 0. The van der Waals surface area contributed by atoms with Gasteiger partial charge in [0.25, 0.3) is 0 Å². The van der Waals surface area contributed by atoms with Crippen LogP contribution in [0.1, 0.15) is 11.1 Å². The molecule has 0 amide bonds. The minimum atomic E-state index is -2.53. The first-order valence-corrected chi connectivity index (χ1v) is 23.7. The quantitative estimate of drug-likeness (QED) is 0.199. The average Bonchev–Trinajstić information content (AvgIpc) is 2.74. The summed E-state index contributed by atoms with van der Waals surface area (Å²) >= 11 is 0. The van der Waals surface area contributed by atoms with Crippen molar-refractivity contribution in [1.29, 1.82) is 0 Å². The molecule has 182 valence electrons. The Morgan fingerprint density at radius 1 is 0.500 bits per heavy atom. The fourth-order valence-corrected chi connectivity index (χ4v) is 22.8. The zero-order valence-electron chi connectivity index (χ0n) is 21.6. The number of hydrogen-bond donors (Lipinski definition) is 0. The van der Waals surface area contributed by atoms with Crippen LogP contribution in [0, 0.1) is 0 Å². The molecule has 0 aromatic heterocycles. The van der Waals surface area contributed by atoms with E-state index in [0.29, 0.717) is 12.3 Å². The molecule has 6 heteroatoms. The lowest BCUT2D eigenvalue weighted by atomic mass is 10.2. The van der Waals surface area contributed by atoms with E-state index >= 15 is 0 Å². The molecule has 0 aliphatic carbocycles. The molecule has 3 aromatic rings. The van der Waals surface area contributed by atoms with Crippen molar-refractivity contribution in [2.45, 2.75) is 51.6 Å². The summed E-state index contributed by atoms with van der Waals surface area (Å²) in [5.41, 5.74) is 2.21. The first-order valence-electron chi connectivity index (χ1n) is 12.1. The molecule has 0 radical (unpaired) electrons. The molecule has 0 saturated heterocycles. The summed E-state index contributed by atoms with van der Waals surface area (Å²) in [6.45, 7) is 13.8.